The molecule has 0 spiro atoms. The Morgan fingerprint density at radius 1 is 0.969 bits per heavy atom. The van der Waals surface area contributed by atoms with Crippen molar-refractivity contribution in [3.63, 3.8) is 0 Å². The van der Waals surface area contributed by atoms with Gasteiger partial charge in [0.2, 0.25) is 5.82 Å². The number of nitrogens with zero attached hydrogens (tertiary/aromatic N) is 4. The summed E-state index contributed by atoms with van der Waals surface area (Å²) in [5.41, 5.74) is 4.66. The summed E-state index contributed by atoms with van der Waals surface area (Å²) in [6.45, 7) is 0. The maximum Gasteiger partial charge on any atom is 0.325 e. The van der Waals surface area contributed by atoms with Crippen LogP contribution < -0.4 is 0 Å². The van der Waals surface area contributed by atoms with E-state index >= 15 is 0 Å². The molecule has 4 rings (SSSR count). The van der Waals surface area contributed by atoms with Crippen molar-refractivity contribution in [2.24, 2.45) is 7.05 Å². The van der Waals surface area contributed by atoms with Gasteiger partial charge in [0.1, 0.15) is 0 Å². The van der Waals surface area contributed by atoms with Gasteiger partial charge in [0.25, 0.3) is 5.89 Å². The van der Waals surface area contributed by atoms with Gasteiger partial charge in [0.15, 0.2) is 5.69 Å². The number of aryl methyl sites for hydroxylation is 2. The van der Waals surface area contributed by atoms with Crippen LogP contribution in [0.1, 0.15) is 24.8 Å². The van der Waals surface area contributed by atoms with E-state index in [1.807, 2.05) is 67.7 Å². The van der Waals surface area contributed by atoms with Crippen LogP contribution in [0, 0.1) is 0 Å². The molecule has 0 aliphatic heterocycles. The van der Waals surface area contributed by atoms with Crippen LogP contribution in [0.4, 0.5) is 0 Å². The molecule has 2 heterocycles. The van der Waals surface area contributed by atoms with Gasteiger partial charge in [-0.05, 0) is 36.5 Å². The first kappa shape index (κ1) is 22.1. The predicted molar refractivity (Wildman–Crippen MR) is 122 cm³/mol. The minimum absolute atomic E-state index is 0.0464. The molecule has 4 aromatic rings. The van der Waals surface area contributed by atoms with Gasteiger partial charge in [0.05, 0.1) is 5.69 Å². The van der Waals surface area contributed by atoms with Crippen molar-refractivity contribution < 1.29 is 18.9 Å². The Kier molecular flexibility index (Phi) is 6.65. The SMILES string of the molecule is Cn1nc(-c2nc(-c3ccc(CCCCCP(=O)(O)O)cc3)no2)cc1-c1ccccc1. The van der Waals surface area contributed by atoms with Gasteiger partial charge in [0, 0.05) is 18.8 Å². The van der Waals surface area contributed by atoms with Gasteiger partial charge in [-0.3, -0.25) is 9.25 Å². The molecule has 0 aliphatic rings. The molecule has 2 aromatic carbocycles. The molecule has 166 valence electrons. The number of aromatic nitrogens is 4. The molecule has 8 nitrogen and oxygen atoms in total. The predicted octanol–water partition coefficient (Wildman–Crippen LogP) is 4.69. The molecule has 2 N–H and O–H groups in total. The van der Waals surface area contributed by atoms with Crippen LogP contribution in [0.5, 0.6) is 0 Å². The Morgan fingerprint density at radius 3 is 2.44 bits per heavy atom. The van der Waals surface area contributed by atoms with E-state index in [0.717, 1.165) is 41.6 Å². The molecule has 2 aromatic heterocycles. The van der Waals surface area contributed by atoms with Crippen LogP contribution in [0.25, 0.3) is 34.2 Å². The van der Waals surface area contributed by atoms with Crippen LogP contribution in [-0.2, 0) is 18.0 Å². The molecular formula is C23H25N4O4P. The first-order valence-corrected chi connectivity index (χ1v) is 12.3. The van der Waals surface area contributed by atoms with E-state index in [1.165, 1.54) is 0 Å². The lowest BCUT2D eigenvalue weighted by Gasteiger charge is -2.04. The van der Waals surface area contributed by atoms with Crippen molar-refractivity contribution in [1.29, 1.82) is 0 Å². The van der Waals surface area contributed by atoms with Gasteiger partial charge in [-0.15, -0.1) is 0 Å². The zero-order valence-corrected chi connectivity index (χ0v) is 18.7. The Balaban J connectivity index is 1.39. The van der Waals surface area contributed by atoms with E-state index in [2.05, 4.69) is 15.2 Å². The summed E-state index contributed by atoms with van der Waals surface area (Å²) in [5, 5.41) is 8.62. The number of benzene rings is 2. The van der Waals surface area contributed by atoms with Crippen molar-refractivity contribution in [3.8, 4) is 34.2 Å². The van der Waals surface area contributed by atoms with Gasteiger partial charge < -0.3 is 14.3 Å². The van der Waals surface area contributed by atoms with Crippen LogP contribution in [0.15, 0.2) is 65.2 Å². The topological polar surface area (TPSA) is 114 Å². The van der Waals surface area contributed by atoms with Gasteiger partial charge in [-0.2, -0.15) is 10.1 Å². The molecule has 0 unspecified atom stereocenters. The van der Waals surface area contributed by atoms with E-state index in [1.54, 1.807) is 4.68 Å². The third kappa shape index (κ3) is 5.59. The molecule has 0 amide bonds. The highest BCUT2D eigenvalue weighted by molar-refractivity contribution is 7.51. The average molecular weight is 452 g/mol. The van der Waals surface area contributed by atoms with Gasteiger partial charge >= 0.3 is 7.60 Å². The summed E-state index contributed by atoms with van der Waals surface area (Å²) in [6.07, 6.45) is 3.02. The van der Waals surface area contributed by atoms with E-state index < -0.39 is 7.60 Å². The van der Waals surface area contributed by atoms with Crippen LogP contribution in [-0.4, -0.2) is 35.9 Å². The van der Waals surface area contributed by atoms with Crippen molar-refractivity contribution in [2.75, 3.05) is 6.16 Å². The van der Waals surface area contributed by atoms with Gasteiger partial charge in [-0.1, -0.05) is 66.2 Å². The molecule has 0 saturated carbocycles. The van der Waals surface area contributed by atoms with E-state index in [4.69, 9.17) is 14.3 Å². The third-order valence-corrected chi connectivity index (χ3v) is 6.12. The zero-order chi connectivity index (χ0) is 22.6. The minimum atomic E-state index is -3.88. The molecule has 0 saturated heterocycles. The largest absolute Gasteiger partial charge is 0.332 e. The summed E-state index contributed by atoms with van der Waals surface area (Å²) in [6, 6.07) is 19.9. The van der Waals surface area contributed by atoms with Gasteiger partial charge in [-0.25, -0.2) is 0 Å². The van der Waals surface area contributed by atoms with Crippen molar-refractivity contribution in [3.05, 3.63) is 66.2 Å². The second-order valence-electron chi connectivity index (χ2n) is 7.72. The first-order chi connectivity index (χ1) is 15.4. The summed E-state index contributed by atoms with van der Waals surface area (Å²) < 4.78 is 18.1. The lowest BCUT2D eigenvalue weighted by Crippen LogP contribution is -1.93. The Hall–Kier alpha value is -3.06. The quantitative estimate of drug-likeness (QED) is 0.280. The number of rotatable bonds is 9. The summed E-state index contributed by atoms with van der Waals surface area (Å²) in [4.78, 5) is 22.3. The van der Waals surface area contributed by atoms with Crippen LogP contribution >= 0.6 is 7.60 Å². The van der Waals surface area contributed by atoms with Crippen molar-refractivity contribution in [1.82, 2.24) is 19.9 Å². The fourth-order valence-corrected chi connectivity index (χ4v) is 4.18. The second-order valence-corrected chi connectivity index (χ2v) is 9.50. The van der Waals surface area contributed by atoms with E-state index in [9.17, 15) is 4.57 Å². The highest BCUT2D eigenvalue weighted by Gasteiger charge is 2.16. The summed E-state index contributed by atoms with van der Waals surface area (Å²) in [5.74, 6) is 0.868. The molecule has 0 atom stereocenters. The normalized spacial score (nSPS) is 11.7. The molecule has 9 heteroatoms. The lowest BCUT2D eigenvalue weighted by atomic mass is 10.1. The Morgan fingerprint density at radius 2 is 1.72 bits per heavy atom. The lowest BCUT2D eigenvalue weighted by molar-refractivity contribution is 0.371. The molecule has 0 aliphatic carbocycles. The molecule has 0 radical (unpaired) electrons. The summed E-state index contributed by atoms with van der Waals surface area (Å²) >= 11 is 0. The maximum atomic E-state index is 10.9. The average Bonchev–Trinajstić information content (AvgIpc) is 3.41. The Bertz CT molecular complexity index is 1210. The maximum absolute atomic E-state index is 10.9. The van der Waals surface area contributed by atoms with Crippen molar-refractivity contribution >= 4 is 7.60 Å². The highest BCUT2D eigenvalue weighted by atomic mass is 31.2. The van der Waals surface area contributed by atoms with E-state index in [0.29, 0.717) is 23.8 Å². The number of hydrogen-bond donors (Lipinski definition) is 2. The first-order valence-electron chi connectivity index (χ1n) is 10.5. The third-order valence-electron chi connectivity index (χ3n) is 5.22. The summed E-state index contributed by atoms with van der Waals surface area (Å²) in [7, 11) is -2.00. The standard InChI is InChI=1S/C23H25N4O4P/c1-27-21(18-9-5-2-6-10-18)16-20(25-27)23-24-22(26-31-23)19-13-11-17(12-14-19)8-4-3-7-15-32(28,29)30/h2,5-6,9-14,16H,3-4,7-8,15H2,1H3,(H2,28,29,30). The van der Waals surface area contributed by atoms with E-state index in [-0.39, 0.29) is 6.16 Å². The fourth-order valence-electron chi connectivity index (χ4n) is 3.54. The monoisotopic (exact) mass is 452 g/mol. The number of hydrogen-bond acceptors (Lipinski definition) is 5. The minimum Gasteiger partial charge on any atom is -0.332 e. The Labute approximate surface area is 186 Å². The smallest absolute Gasteiger partial charge is 0.325 e. The zero-order valence-electron chi connectivity index (χ0n) is 17.8. The molecule has 32 heavy (non-hydrogen) atoms. The van der Waals surface area contributed by atoms with Crippen LogP contribution in [0.2, 0.25) is 0 Å². The number of unbranched alkanes of at least 4 members (excludes halogenated alkanes) is 2. The molecule has 0 fully saturated rings. The van der Waals surface area contributed by atoms with Crippen molar-refractivity contribution in [2.45, 2.75) is 25.7 Å². The molecular weight excluding hydrogens is 427 g/mol. The second kappa shape index (κ2) is 9.61. The fraction of sp³-hybridized carbons (Fsp3) is 0.261. The van der Waals surface area contributed by atoms with Crippen LogP contribution in [0.3, 0.4) is 0 Å². The highest BCUT2D eigenvalue weighted by Crippen LogP contribution is 2.35. The molecule has 0 bridgehead atoms.